The highest BCUT2D eigenvalue weighted by molar-refractivity contribution is 5.78. The standard InChI is InChI=1S/C12H19N5O/c1-3-9-10-11(16(2)15-9)17(12(13)14-10)8-4-6-18-7-5-8/h8H,3-7H2,1-2H3,(H2,13,14). The van der Waals surface area contributed by atoms with Crippen LogP contribution in [0.4, 0.5) is 5.95 Å². The van der Waals surface area contributed by atoms with Gasteiger partial charge in [-0.3, -0.25) is 9.25 Å². The summed E-state index contributed by atoms with van der Waals surface area (Å²) in [4.78, 5) is 4.50. The summed E-state index contributed by atoms with van der Waals surface area (Å²) in [7, 11) is 1.96. The van der Waals surface area contributed by atoms with E-state index in [4.69, 9.17) is 10.5 Å². The lowest BCUT2D eigenvalue weighted by atomic mass is 10.1. The van der Waals surface area contributed by atoms with E-state index in [2.05, 4.69) is 21.6 Å². The van der Waals surface area contributed by atoms with Crippen LogP contribution in [-0.2, 0) is 18.2 Å². The molecule has 0 spiro atoms. The lowest BCUT2D eigenvalue weighted by Crippen LogP contribution is -2.21. The van der Waals surface area contributed by atoms with Gasteiger partial charge < -0.3 is 10.5 Å². The van der Waals surface area contributed by atoms with Gasteiger partial charge >= 0.3 is 0 Å². The number of nitrogens with two attached hydrogens (primary N) is 1. The third-order valence-corrected chi connectivity index (χ3v) is 3.65. The molecule has 0 atom stereocenters. The minimum absolute atomic E-state index is 0.379. The van der Waals surface area contributed by atoms with Crippen molar-refractivity contribution in [3.8, 4) is 0 Å². The van der Waals surface area contributed by atoms with Gasteiger partial charge in [-0.2, -0.15) is 5.10 Å². The zero-order valence-electron chi connectivity index (χ0n) is 10.9. The molecule has 0 bridgehead atoms. The van der Waals surface area contributed by atoms with Crippen LogP contribution in [0.3, 0.4) is 0 Å². The first-order valence-electron chi connectivity index (χ1n) is 6.49. The van der Waals surface area contributed by atoms with Crippen LogP contribution >= 0.6 is 0 Å². The van der Waals surface area contributed by atoms with Crippen molar-refractivity contribution in [1.82, 2.24) is 19.3 Å². The molecule has 98 valence electrons. The molecule has 1 aliphatic rings. The number of nitrogen functional groups attached to an aromatic ring is 1. The molecule has 6 nitrogen and oxygen atoms in total. The monoisotopic (exact) mass is 249 g/mol. The summed E-state index contributed by atoms with van der Waals surface area (Å²) in [5, 5.41) is 4.51. The average Bonchev–Trinajstić information content (AvgIpc) is 2.87. The lowest BCUT2D eigenvalue weighted by molar-refractivity contribution is 0.0708. The van der Waals surface area contributed by atoms with E-state index in [1.165, 1.54) is 0 Å². The highest BCUT2D eigenvalue weighted by Gasteiger charge is 2.24. The molecular formula is C12H19N5O. The predicted molar refractivity (Wildman–Crippen MR) is 69.4 cm³/mol. The molecule has 6 heteroatoms. The quantitative estimate of drug-likeness (QED) is 0.870. The molecule has 1 aliphatic heterocycles. The Morgan fingerprint density at radius 2 is 2.11 bits per heavy atom. The van der Waals surface area contributed by atoms with Crippen molar-refractivity contribution in [2.45, 2.75) is 32.2 Å². The Kier molecular flexibility index (Phi) is 2.74. The fraction of sp³-hybridized carbons (Fsp3) is 0.667. The SMILES string of the molecule is CCc1nn(C)c2c1nc(N)n2C1CCOCC1. The fourth-order valence-corrected chi connectivity index (χ4v) is 2.76. The normalized spacial score (nSPS) is 17.7. The van der Waals surface area contributed by atoms with E-state index in [0.29, 0.717) is 12.0 Å². The molecule has 0 saturated carbocycles. The predicted octanol–water partition coefficient (Wildman–Crippen LogP) is 1.27. The summed E-state index contributed by atoms with van der Waals surface area (Å²) in [6.45, 7) is 3.68. The minimum atomic E-state index is 0.379. The zero-order valence-corrected chi connectivity index (χ0v) is 10.9. The Hall–Kier alpha value is -1.56. The van der Waals surface area contributed by atoms with E-state index < -0.39 is 0 Å². The molecule has 0 amide bonds. The molecule has 0 aromatic carbocycles. The molecule has 0 aliphatic carbocycles. The molecular weight excluding hydrogens is 230 g/mol. The molecule has 1 fully saturated rings. The van der Waals surface area contributed by atoms with Gasteiger partial charge in [0.15, 0.2) is 5.65 Å². The summed E-state index contributed by atoms with van der Waals surface area (Å²) < 4.78 is 9.43. The maximum absolute atomic E-state index is 6.09. The highest BCUT2D eigenvalue weighted by Crippen LogP contribution is 2.30. The van der Waals surface area contributed by atoms with E-state index in [9.17, 15) is 0 Å². The number of imidazole rings is 1. The summed E-state index contributed by atoms with van der Waals surface area (Å²) in [5.74, 6) is 0.597. The zero-order chi connectivity index (χ0) is 12.7. The maximum Gasteiger partial charge on any atom is 0.202 e. The number of anilines is 1. The van der Waals surface area contributed by atoms with E-state index in [-0.39, 0.29) is 0 Å². The topological polar surface area (TPSA) is 70.9 Å². The van der Waals surface area contributed by atoms with E-state index in [1.54, 1.807) is 0 Å². The van der Waals surface area contributed by atoms with Crippen molar-refractivity contribution in [1.29, 1.82) is 0 Å². The fourth-order valence-electron chi connectivity index (χ4n) is 2.76. The Labute approximate surface area is 106 Å². The van der Waals surface area contributed by atoms with Gasteiger partial charge in [0.05, 0.1) is 5.69 Å². The molecule has 3 heterocycles. The molecule has 18 heavy (non-hydrogen) atoms. The third kappa shape index (κ3) is 1.59. The largest absolute Gasteiger partial charge is 0.381 e. The number of ether oxygens (including phenoxy) is 1. The van der Waals surface area contributed by atoms with Gasteiger partial charge in [0.1, 0.15) is 5.52 Å². The van der Waals surface area contributed by atoms with Crippen molar-refractivity contribution < 1.29 is 4.74 Å². The summed E-state index contributed by atoms with van der Waals surface area (Å²) >= 11 is 0. The first-order valence-corrected chi connectivity index (χ1v) is 6.49. The number of fused-ring (bicyclic) bond motifs is 1. The van der Waals surface area contributed by atoms with Gasteiger partial charge in [-0.05, 0) is 19.3 Å². The first kappa shape index (κ1) is 11.5. The van der Waals surface area contributed by atoms with Crippen LogP contribution in [0.2, 0.25) is 0 Å². The van der Waals surface area contributed by atoms with Crippen LogP contribution in [0.25, 0.3) is 11.2 Å². The molecule has 3 rings (SSSR count). The van der Waals surface area contributed by atoms with Crippen LogP contribution in [0.15, 0.2) is 0 Å². The van der Waals surface area contributed by atoms with Crippen LogP contribution in [0.5, 0.6) is 0 Å². The van der Waals surface area contributed by atoms with Crippen molar-refractivity contribution in [3.05, 3.63) is 5.69 Å². The van der Waals surface area contributed by atoms with Crippen LogP contribution in [-0.4, -0.2) is 32.5 Å². The number of aryl methyl sites for hydroxylation is 2. The van der Waals surface area contributed by atoms with Gasteiger partial charge in [0, 0.05) is 26.3 Å². The molecule has 2 N–H and O–H groups in total. The van der Waals surface area contributed by atoms with Gasteiger partial charge in [-0.15, -0.1) is 0 Å². The van der Waals surface area contributed by atoms with Crippen LogP contribution in [0, 0.1) is 0 Å². The average molecular weight is 249 g/mol. The number of aromatic nitrogens is 4. The van der Waals surface area contributed by atoms with Gasteiger partial charge in [0.2, 0.25) is 5.95 Å². The third-order valence-electron chi connectivity index (χ3n) is 3.65. The number of nitrogens with zero attached hydrogens (tertiary/aromatic N) is 4. The maximum atomic E-state index is 6.09. The van der Waals surface area contributed by atoms with E-state index in [1.807, 2.05) is 11.7 Å². The van der Waals surface area contributed by atoms with Crippen molar-refractivity contribution in [2.24, 2.45) is 7.05 Å². The molecule has 2 aromatic rings. The first-order chi connectivity index (χ1) is 8.72. The molecule has 1 saturated heterocycles. The van der Waals surface area contributed by atoms with Gasteiger partial charge in [-0.1, -0.05) is 6.92 Å². The van der Waals surface area contributed by atoms with Crippen molar-refractivity contribution in [3.63, 3.8) is 0 Å². The highest BCUT2D eigenvalue weighted by atomic mass is 16.5. The Morgan fingerprint density at radius 1 is 1.39 bits per heavy atom. The lowest BCUT2D eigenvalue weighted by Gasteiger charge is -2.24. The Morgan fingerprint density at radius 3 is 2.78 bits per heavy atom. The molecule has 0 unspecified atom stereocenters. The second kappa shape index (κ2) is 4.28. The Balaban J connectivity index is 2.15. The van der Waals surface area contributed by atoms with Crippen LogP contribution < -0.4 is 5.73 Å². The van der Waals surface area contributed by atoms with Gasteiger partial charge in [0.25, 0.3) is 0 Å². The number of rotatable bonds is 2. The summed E-state index contributed by atoms with van der Waals surface area (Å²) in [6.07, 6.45) is 2.85. The van der Waals surface area contributed by atoms with E-state index in [0.717, 1.165) is 49.3 Å². The minimum Gasteiger partial charge on any atom is -0.381 e. The smallest absolute Gasteiger partial charge is 0.202 e. The number of hydrogen-bond donors (Lipinski definition) is 1. The summed E-state index contributed by atoms with van der Waals surface area (Å²) in [6, 6.07) is 0.379. The van der Waals surface area contributed by atoms with Gasteiger partial charge in [-0.25, -0.2) is 4.98 Å². The van der Waals surface area contributed by atoms with Crippen molar-refractivity contribution >= 4 is 17.1 Å². The Bertz CT molecular complexity index is 565. The summed E-state index contributed by atoms with van der Waals surface area (Å²) in [5.41, 5.74) is 9.10. The van der Waals surface area contributed by atoms with Crippen LogP contribution in [0.1, 0.15) is 31.5 Å². The molecule has 0 radical (unpaired) electrons. The molecule has 2 aromatic heterocycles. The van der Waals surface area contributed by atoms with Crippen molar-refractivity contribution in [2.75, 3.05) is 18.9 Å². The number of hydrogen-bond acceptors (Lipinski definition) is 4. The second-order valence-electron chi connectivity index (χ2n) is 4.78. The van der Waals surface area contributed by atoms with E-state index >= 15 is 0 Å². The second-order valence-corrected chi connectivity index (χ2v) is 4.78.